The van der Waals surface area contributed by atoms with Crippen molar-refractivity contribution in [2.24, 2.45) is 5.92 Å². The van der Waals surface area contributed by atoms with Gasteiger partial charge >= 0.3 is 0 Å². The van der Waals surface area contributed by atoms with Crippen molar-refractivity contribution in [3.8, 4) is 0 Å². The molecule has 0 aliphatic heterocycles. The van der Waals surface area contributed by atoms with Gasteiger partial charge in [-0.15, -0.1) is 0 Å². The van der Waals surface area contributed by atoms with Crippen molar-refractivity contribution in [1.29, 1.82) is 0 Å². The fourth-order valence-electron chi connectivity index (χ4n) is 3.23. The summed E-state index contributed by atoms with van der Waals surface area (Å²) in [7, 11) is -3.63. The highest BCUT2D eigenvalue weighted by Crippen LogP contribution is 2.24. The third-order valence-corrected chi connectivity index (χ3v) is 5.84. The van der Waals surface area contributed by atoms with Crippen LogP contribution < -0.4 is 9.62 Å². The third-order valence-electron chi connectivity index (χ3n) is 4.60. The largest absolute Gasteiger partial charge is 0.347 e. The molecule has 5 nitrogen and oxygen atoms in total. The Balaban J connectivity index is 2.29. The Hall–Kier alpha value is -2.34. The van der Waals surface area contributed by atoms with E-state index in [-0.39, 0.29) is 11.9 Å². The van der Waals surface area contributed by atoms with Gasteiger partial charge in [-0.25, -0.2) is 8.42 Å². The first-order valence-corrected chi connectivity index (χ1v) is 11.4. The maximum absolute atomic E-state index is 13.0. The number of benzene rings is 2. The molecule has 0 bridgehead atoms. The number of nitrogens with zero attached hydrogens (tertiary/aromatic N) is 1. The van der Waals surface area contributed by atoms with Gasteiger partial charge in [-0.05, 0) is 43.9 Å². The summed E-state index contributed by atoms with van der Waals surface area (Å²) in [6.07, 6.45) is 1.89. The Morgan fingerprint density at radius 1 is 1.00 bits per heavy atom. The van der Waals surface area contributed by atoms with E-state index in [1.165, 1.54) is 4.31 Å². The smallest absolute Gasteiger partial charge is 0.244 e. The molecule has 2 atom stereocenters. The number of hydrogen-bond donors (Lipinski definition) is 1. The van der Waals surface area contributed by atoms with Gasteiger partial charge < -0.3 is 5.32 Å². The Morgan fingerprint density at radius 3 is 2.07 bits per heavy atom. The molecule has 2 rings (SSSR count). The van der Waals surface area contributed by atoms with Crippen molar-refractivity contribution in [1.82, 2.24) is 5.32 Å². The van der Waals surface area contributed by atoms with E-state index >= 15 is 0 Å². The summed E-state index contributed by atoms with van der Waals surface area (Å²) < 4.78 is 26.1. The van der Waals surface area contributed by atoms with Crippen LogP contribution in [0.3, 0.4) is 0 Å². The van der Waals surface area contributed by atoms with Gasteiger partial charge in [-0.1, -0.05) is 61.9 Å². The molecular formula is C22H30N2O3S. The number of carbonyl (C=O) groups is 1. The van der Waals surface area contributed by atoms with Crippen LogP contribution in [0.5, 0.6) is 0 Å². The minimum Gasteiger partial charge on any atom is -0.347 e. The highest BCUT2D eigenvalue weighted by atomic mass is 32.2. The number of nitrogens with one attached hydrogen (secondary N) is 1. The van der Waals surface area contributed by atoms with E-state index in [2.05, 4.69) is 19.2 Å². The molecule has 0 aliphatic carbocycles. The second-order valence-electron chi connectivity index (χ2n) is 7.67. The van der Waals surface area contributed by atoms with Crippen molar-refractivity contribution in [2.75, 3.05) is 10.6 Å². The predicted molar refractivity (Wildman–Crippen MR) is 115 cm³/mol. The molecule has 0 radical (unpaired) electrons. The molecule has 0 aromatic heterocycles. The van der Waals surface area contributed by atoms with Crippen molar-refractivity contribution < 1.29 is 13.2 Å². The highest BCUT2D eigenvalue weighted by molar-refractivity contribution is 7.92. The van der Waals surface area contributed by atoms with Gasteiger partial charge in [0, 0.05) is 0 Å². The maximum atomic E-state index is 13.0. The van der Waals surface area contributed by atoms with Crippen LogP contribution in [-0.2, 0) is 14.8 Å². The highest BCUT2D eigenvalue weighted by Gasteiger charge is 2.30. The standard InChI is InChI=1S/C22H30N2O3S/c1-16(2)15-21(19-9-7-6-8-10-19)23-22(25)18(4)24(28(5,26)27)20-13-11-17(3)12-14-20/h6-14,16,18,21H,15H2,1-5H3,(H,23,25)/t18-,21-/m1/s1. The summed E-state index contributed by atoms with van der Waals surface area (Å²) in [4.78, 5) is 13.0. The zero-order valence-corrected chi connectivity index (χ0v) is 18.0. The number of sulfonamides is 1. The van der Waals surface area contributed by atoms with E-state index in [4.69, 9.17) is 0 Å². The van der Waals surface area contributed by atoms with E-state index in [0.29, 0.717) is 11.6 Å². The summed E-state index contributed by atoms with van der Waals surface area (Å²) in [5.41, 5.74) is 2.52. The van der Waals surface area contributed by atoms with E-state index < -0.39 is 16.1 Å². The monoisotopic (exact) mass is 402 g/mol. The first-order chi connectivity index (χ1) is 13.1. The summed E-state index contributed by atoms with van der Waals surface area (Å²) >= 11 is 0. The topological polar surface area (TPSA) is 66.5 Å². The van der Waals surface area contributed by atoms with Crippen LogP contribution in [0.15, 0.2) is 54.6 Å². The quantitative estimate of drug-likeness (QED) is 0.724. The molecule has 28 heavy (non-hydrogen) atoms. The van der Waals surface area contributed by atoms with Gasteiger partial charge in [0.15, 0.2) is 0 Å². The normalized spacial score (nSPS) is 13.8. The van der Waals surface area contributed by atoms with E-state index in [9.17, 15) is 13.2 Å². The van der Waals surface area contributed by atoms with Crippen LogP contribution in [-0.4, -0.2) is 26.6 Å². The predicted octanol–water partition coefficient (Wildman–Crippen LogP) is 4.05. The number of anilines is 1. The summed E-state index contributed by atoms with van der Waals surface area (Å²) in [6.45, 7) is 7.75. The second-order valence-corrected chi connectivity index (χ2v) is 9.53. The van der Waals surface area contributed by atoms with Crippen molar-refractivity contribution in [2.45, 2.75) is 46.2 Å². The number of amides is 1. The Labute approximate surface area is 168 Å². The summed E-state index contributed by atoms with van der Waals surface area (Å²) in [5, 5.41) is 3.05. The van der Waals surface area contributed by atoms with Gasteiger partial charge in [-0.3, -0.25) is 9.10 Å². The summed E-state index contributed by atoms with van der Waals surface area (Å²) in [5.74, 6) is 0.0597. The van der Waals surface area contributed by atoms with E-state index in [0.717, 1.165) is 23.8 Å². The molecule has 1 N–H and O–H groups in total. The third kappa shape index (κ3) is 5.83. The Morgan fingerprint density at radius 2 is 1.57 bits per heavy atom. The van der Waals surface area contributed by atoms with Gasteiger partial charge in [-0.2, -0.15) is 0 Å². The average Bonchev–Trinajstić information content (AvgIpc) is 2.62. The lowest BCUT2D eigenvalue weighted by Crippen LogP contribution is -2.48. The van der Waals surface area contributed by atoms with Crippen LogP contribution in [0, 0.1) is 12.8 Å². The molecule has 2 aromatic rings. The zero-order valence-electron chi connectivity index (χ0n) is 17.2. The minimum absolute atomic E-state index is 0.171. The Bertz CT molecular complexity index is 878. The van der Waals surface area contributed by atoms with Crippen molar-refractivity contribution >= 4 is 21.6 Å². The molecule has 0 spiro atoms. The van der Waals surface area contributed by atoms with Crippen molar-refractivity contribution in [3.63, 3.8) is 0 Å². The molecule has 6 heteroatoms. The fourth-order valence-corrected chi connectivity index (χ4v) is 4.40. The van der Waals surface area contributed by atoms with Crippen LogP contribution in [0.1, 0.15) is 44.4 Å². The number of carbonyl (C=O) groups excluding carboxylic acids is 1. The molecule has 152 valence electrons. The lowest BCUT2D eigenvalue weighted by atomic mass is 9.96. The van der Waals surface area contributed by atoms with Crippen LogP contribution >= 0.6 is 0 Å². The minimum atomic E-state index is -3.63. The van der Waals surface area contributed by atoms with Gasteiger partial charge in [0.1, 0.15) is 6.04 Å². The first-order valence-electron chi connectivity index (χ1n) is 9.51. The fraction of sp³-hybridized carbons (Fsp3) is 0.409. The molecule has 1 amide bonds. The SMILES string of the molecule is Cc1ccc(N([C@H](C)C(=O)N[C@H](CC(C)C)c2ccccc2)S(C)(=O)=O)cc1. The van der Waals surface area contributed by atoms with Gasteiger partial charge in [0.2, 0.25) is 15.9 Å². The molecule has 0 heterocycles. The molecule has 0 fully saturated rings. The lowest BCUT2D eigenvalue weighted by molar-refractivity contribution is -0.122. The molecule has 2 aromatic carbocycles. The number of aryl methyl sites for hydroxylation is 1. The maximum Gasteiger partial charge on any atom is 0.244 e. The second kappa shape index (κ2) is 9.24. The Kier molecular flexibility index (Phi) is 7.24. The molecule has 0 saturated heterocycles. The average molecular weight is 403 g/mol. The van der Waals surface area contributed by atoms with Gasteiger partial charge in [0.25, 0.3) is 0 Å². The molecular weight excluding hydrogens is 372 g/mol. The summed E-state index contributed by atoms with van der Waals surface area (Å²) in [6, 6.07) is 15.9. The molecule has 0 unspecified atom stereocenters. The molecule has 0 aliphatic rings. The number of hydrogen-bond acceptors (Lipinski definition) is 3. The van der Waals surface area contributed by atoms with Crippen LogP contribution in [0.25, 0.3) is 0 Å². The van der Waals surface area contributed by atoms with Crippen LogP contribution in [0.4, 0.5) is 5.69 Å². The number of rotatable bonds is 8. The van der Waals surface area contributed by atoms with E-state index in [1.807, 2.05) is 49.4 Å². The lowest BCUT2D eigenvalue weighted by Gasteiger charge is -2.30. The van der Waals surface area contributed by atoms with E-state index in [1.54, 1.807) is 19.1 Å². The van der Waals surface area contributed by atoms with Gasteiger partial charge in [0.05, 0.1) is 18.0 Å². The van der Waals surface area contributed by atoms with Crippen LogP contribution in [0.2, 0.25) is 0 Å². The zero-order chi connectivity index (χ0) is 20.9. The van der Waals surface area contributed by atoms with Crippen molar-refractivity contribution in [3.05, 3.63) is 65.7 Å². The first kappa shape index (κ1) is 22.0. The molecule has 0 saturated carbocycles.